The lowest BCUT2D eigenvalue weighted by Crippen LogP contribution is -2.23. The average Bonchev–Trinajstić information content (AvgIpc) is 2.51. The van der Waals surface area contributed by atoms with Gasteiger partial charge in [0.05, 0.1) is 6.17 Å². The minimum absolute atomic E-state index is 0.387. The molecule has 1 unspecified atom stereocenters. The zero-order valence-corrected chi connectivity index (χ0v) is 9.21. The van der Waals surface area contributed by atoms with E-state index < -0.39 is 0 Å². The molecule has 13 heavy (non-hydrogen) atoms. The van der Waals surface area contributed by atoms with E-state index in [2.05, 4.69) is 57.5 Å². The van der Waals surface area contributed by atoms with E-state index in [1.807, 2.05) is 0 Å². The Morgan fingerprint density at radius 1 is 1.54 bits per heavy atom. The number of rotatable bonds is 1. The highest BCUT2D eigenvalue weighted by Crippen LogP contribution is 2.22. The Labute approximate surface area is 87.1 Å². The first kappa shape index (κ1) is 9.19. The quantitative estimate of drug-likeness (QED) is 0.808. The Balaban J connectivity index is 2.24. The molecule has 0 bridgehead atoms. The van der Waals surface area contributed by atoms with E-state index in [0.29, 0.717) is 6.17 Å². The lowest BCUT2D eigenvalue weighted by molar-refractivity contribution is 0.301. The molecular weight excluding hydrogens is 228 g/mol. The number of nitrogens with one attached hydrogen (secondary N) is 1. The molecule has 1 heterocycles. The van der Waals surface area contributed by atoms with Crippen LogP contribution in [0.4, 0.5) is 0 Å². The predicted molar refractivity (Wildman–Crippen MR) is 57.5 cm³/mol. The molecule has 1 fully saturated rings. The maximum atomic E-state index is 3.48. The van der Waals surface area contributed by atoms with Gasteiger partial charge in [0, 0.05) is 17.6 Å². The smallest absolute Gasteiger partial charge is 0.0859 e. The van der Waals surface area contributed by atoms with E-state index in [1.54, 1.807) is 0 Å². The molecule has 70 valence electrons. The van der Waals surface area contributed by atoms with Crippen molar-refractivity contribution in [3.05, 3.63) is 34.3 Å². The van der Waals surface area contributed by atoms with Gasteiger partial charge in [0.1, 0.15) is 0 Å². The fraction of sp³-hybridized carbons (Fsp3) is 0.400. The van der Waals surface area contributed by atoms with Gasteiger partial charge in [0.25, 0.3) is 0 Å². The summed E-state index contributed by atoms with van der Waals surface area (Å²) in [5.41, 5.74) is 1.33. The summed E-state index contributed by atoms with van der Waals surface area (Å²) >= 11 is 3.48. The summed E-state index contributed by atoms with van der Waals surface area (Å²) in [6, 6.07) is 8.45. The van der Waals surface area contributed by atoms with E-state index in [1.165, 1.54) is 5.56 Å². The summed E-state index contributed by atoms with van der Waals surface area (Å²) in [6.07, 6.45) is 0.387. The van der Waals surface area contributed by atoms with Gasteiger partial charge in [-0.25, -0.2) is 0 Å². The Bertz CT molecular complexity index is 301. The first-order valence-electron chi connectivity index (χ1n) is 4.46. The van der Waals surface area contributed by atoms with Gasteiger partial charge in [-0.15, -0.1) is 0 Å². The minimum atomic E-state index is 0.387. The zero-order chi connectivity index (χ0) is 9.26. The monoisotopic (exact) mass is 240 g/mol. The van der Waals surface area contributed by atoms with E-state index >= 15 is 0 Å². The fourth-order valence-corrected chi connectivity index (χ4v) is 2.13. The summed E-state index contributed by atoms with van der Waals surface area (Å²) in [5.74, 6) is 0. The molecule has 1 aromatic carbocycles. The van der Waals surface area contributed by atoms with Gasteiger partial charge in [-0.05, 0) is 24.7 Å². The van der Waals surface area contributed by atoms with Crippen LogP contribution in [-0.4, -0.2) is 25.0 Å². The third-order valence-corrected chi connectivity index (χ3v) is 2.90. The van der Waals surface area contributed by atoms with Crippen molar-refractivity contribution < 1.29 is 0 Å². The summed E-state index contributed by atoms with van der Waals surface area (Å²) in [7, 11) is 2.14. The van der Waals surface area contributed by atoms with Crippen molar-refractivity contribution >= 4 is 15.9 Å². The normalized spacial score (nSPS) is 23.7. The standard InChI is InChI=1S/C10H13BrN2/c1-13-6-5-12-10(13)8-3-2-4-9(11)7-8/h2-4,7,10,12H,5-6H2,1H3. The van der Waals surface area contributed by atoms with Crippen molar-refractivity contribution in [2.75, 3.05) is 20.1 Å². The van der Waals surface area contributed by atoms with Crippen LogP contribution in [0.3, 0.4) is 0 Å². The van der Waals surface area contributed by atoms with Crippen LogP contribution in [0.15, 0.2) is 28.7 Å². The summed E-state index contributed by atoms with van der Waals surface area (Å²) < 4.78 is 1.15. The first-order valence-corrected chi connectivity index (χ1v) is 5.26. The molecule has 1 aromatic rings. The highest BCUT2D eigenvalue weighted by atomic mass is 79.9. The Morgan fingerprint density at radius 3 is 3.00 bits per heavy atom. The van der Waals surface area contributed by atoms with Gasteiger partial charge in [0.2, 0.25) is 0 Å². The Kier molecular flexibility index (Phi) is 2.67. The molecule has 2 rings (SSSR count). The number of likely N-dealkylation sites (N-methyl/N-ethyl adjacent to an activating group) is 1. The highest BCUT2D eigenvalue weighted by molar-refractivity contribution is 9.10. The average molecular weight is 241 g/mol. The second-order valence-electron chi connectivity index (χ2n) is 3.39. The molecule has 0 saturated carbocycles. The maximum absolute atomic E-state index is 3.48. The second kappa shape index (κ2) is 3.78. The molecule has 0 radical (unpaired) electrons. The van der Waals surface area contributed by atoms with Crippen LogP contribution in [0.5, 0.6) is 0 Å². The third kappa shape index (κ3) is 1.93. The molecule has 1 saturated heterocycles. The summed E-state index contributed by atoms with van der Waals surface area (Å²) in [4.78, 5) is 2.32. The number of benzene rings is 1. The summed E-state index contributed by atoms with van der Waals surface area (Å²) in [5, 5.41) is 3.45. The van der Waals surface area contributed by atoms with Crippen molar-refractivity contribution in [2.45, 2.75) is 6.17 Å². The van der Waals surface area contributed by atoms with E-state index in [0.717, 1.165) is 17.6 Å². The second-order valence-corrected chi connectivity index (χ2v) is 4.31. The van der Waals surface area contributed by atoms with Crippen molar-refractivity contribution in [3.63, 3.8) is 0 Å². The Morgan fingerprint density at radius 2 is 2.38 bits per heavy atom. The molecular formula is C10H13BrN2. The molecule has 1 aliphatic rings. The van der Waals surface area contributed by atoms with Gasteiger partial charge in [-0.1, -0.05) is 28.1 Å². The van der Waals surface area contributed by atoms with Crippen molar-refractivity contribution in [1.29, 1.82) is 0 Å². The maximum Gasteiger partial charge on any atom is 0.0859 e. The highest BCUT2D eigenvalue weighted by Gasteiger charge is 2.21. The molecule has 3 heteroatoms. The van der Waals surface area contributed by atoms with Crippen LogP contribution in [-0.2, 0) is 0 Å². The number of halogens is 1. The molecule has 0 aliphatic carbocycles. The van der Waals surface area contributed by atoms with Crippen LogP contribution in [0.2, 0.25) is 0 Å². The van der Waals surface area contributed by atoms with Gasteiger partial charge in [-0.3, -0.25) is 10.2 Å². The molecule has 1 N–H and O–H groups in total. The predicted octanol–water partition coefficient (Wildman–Crippen LogP) is 1.98. The van der Waals surface area contributed by atoms with Crippen molar-refractivity contribution in [2.24, 2.45) is 0 Å². The third-order valence-electron chi connectivity index (χ3n) is 2.41. The molecule has 2 nitrogen and oxygen atoms in total. The van der Waals surface area contributed by atoms with Crippen LogP contribution in [0.25, 0.3) is 0 Å². The van der Waals surface area contributed by atoms with Crippen LogP contribution >= 0.6 is 15.9 Å². The van der Waals surface area contributed by atoms with Gasteiger partial charge in [0.15, 0.2) is 0 Å². The van der Waals surface area contributed by atoms with Crippen LogP contribution < -0.4 is 5.32 Å². The minimum Gasteiger partial charge on any atom is -0.297 e. The number of nitrogens with zero attached hydrogens (tertiary/aromatic N) is 1. The van der Waals surface area contributed by atoms with E-state index in [-0.39, 0.29) is 0 Å². The van der Waals surface area contributed by atoms with Gasteiger partial charge < -0.3 is 0 Å². The topological polar surface area (TPSA) is 15.3 Å². The van der Waals surface area contributed by atoms with Gasteiger partial charge in [-0.2, -0.15) is 0 Å². The zero-order valence-electron chi connectivity index (χ0n) is 7.63. The van der Waals surface area contributed by atoms with Crippen molar-refractivity contribution in [3.8, 4) is 0 Å². The lowest BCUT2D eigenvalue weighted by atomic mass is 10.2. The molecule has 0 spiro atoms. The van der Waals surface area contributed by atoms with E-state index in [9.17, 15) is 0 Å². The molecule has 1 aliphatic heterocycles. The summed E-state index contributed by atoms with van der Waals surface area (Å²) in [6.45, 7) is 2.20. The van der Waals surface area contributed by atoms with Crippen molar-refractivity contribution in [1.82, 2.24) is 10.2 Å². The molecule has 0 amide bonds. The number of hydrogen-bond donors (Lipinski definition) is 1. The van der Waals surface area contributed by atoms with Gasteiger partial charge >= 0.3 is 0 Å². The largest absolute Gasteiger partial charge is 0.297 e. The number of hydrogen-bond acceptors (Lipinski definition) is 2. The van der Waals surface area contributed by atoms with E-state index in [4.69, 9.17) is 0 Å². The molecule has 1 atom stereocenters. The lowest BCUT2D eigenvalue weighted by Gasteiger charge is -2.19. The van der Waals surface area contributed by atoms with Crippen LogP contribution in [0, 0.1) is 0 Å². The Hall–Kier alpha value is -0.380. The SMILES string of the molecule is CN1CCNC1c1cccc(Br)c1. The van der Waals surface area contributed by atoms with Crippen LogP contribution in [0.1, 0.15) is 11.7 Å². The first-order chi connectivity index (χ1) is 6.27. The fourth-order valence-electron chi connectivity index (χ4n) is 1.71. The molecule has 0 aromatic heterocycles.